The molecule has 0 spiro atoms. The van der Waals surface area contributed by atoms with Gasteiger partial charge in [-0.1, -0.05) is 11.8 Å². The summed E-state index contributed by atoms with van der Waals surface area (Å²) in [5, 5.41) is 0. The van der Waals surface area contributed by atoms with Crippen LogP contribution < -0.4 is 0 Å². The van der Waals surface area contributed by atoms with Gasteiger partial charge in [0, 0.05) is 5.56 Å². The van der Waals surface area contributed by atoms with E-state index in [1.807, 2.05) is 6.26 Å². The first kappa shape index (κ1) is 8.90. The van der Waals surface area contributed by atoms with E-state index in [9.17, 15) is 4.39 Å². The number of hydrogen-bond donors (Lipinski definition) is 0. The van der Waals surface area contributed by atoms with Gasteiger partial charge in [-0.15, -0.1) is 11.3 Å². The van der Waals surface area contributed by atoms with Crippen LogP contribution in [0.3, 0.4) is 0 Å². The van der Waals surface area contributed by atoms with E-state index in [1.165, 1.54) is 17.5 Å². The third kappa shape index (κ3) is 1.42. The van der Waals surface area contributed by atoms with E-state index >= 15 is 0 Å². The normalized spacial score (nSPS) is 11.0. The second-order valence-electron chi connectivity index (χ2n) is 2.57. The Morgan fingerprint density at radius 2 is 2.31 bits per heavy atom. The number of aryl methyl sites for hydroxylation is 1. The third-order valence-corrected chi connectivity index (χ3v) is 3.91. The van der Waals surface area contributed by atoms with Gasteiger partial charge in [0.1, 0.15) is 5.82 Å². The molecule has 2 aromatic rings. The van der Waals surface area contributed by atoms with Crippen molar-refractivity contribution in [1.82, 2.24) is 9.97 Å². The monoisotopic (exact) mass is 214 g/mol. The van der Waals surface area contributed by atoms with Gasteiger partial charge in [0.15, 0.2) is 9.99 Å². The molecule has 2 aromatic heterocycles. The maximum Gasteiger partial charge on any atom is 0.172 e. The fraction of sp³-hybridized carbons (Fsp3) is 0.250. The van der Waals surface area contributed by atoms with Gasteiger partial charge >= 0.3 is 0 Å². The molecule has 0 saturated heterocycles. The summed E-state index contributed by atoms with van der Waals surface area (Å²) in [6.45, 7) is 1.75. The van der Waals surface area contributed by atoms with Crippen LogP contribution in [0, 0.1) is 12.7 Å². The largest absolute Gasteiger partial charge is 0.233 e. The summed E-state index contributed by atoms with van der Waals surface area (Å²) in [4.78, 5) is 8.16. The molecule has 0 aromatic carbocycles. The van der Waals surface area contributed by atoms with Crippen molar-refractivity contribution in [3.63, 3.8) is 0 Å². The molecule has 2 nitrogen and oxygen atoms in total. The van der Waals surface area contributed by atoms with E-state index in [-0.39, 0.29) is 5.82 Å². The smallest absolute Gasteiger partial charge is 0.172 e. The van der Waals surface area contributed by atoms with Gasteiger partial charge in [-0.25, -0.2) is 14.4 Å². The summed E-state index contributed by atoms with van der Waals surface area (Å²) in [6.07, 6.45) is 3.17. The van der Waals surface area contributed by atoms with E-state index in [2.05, 4.69) is 9.97 Å². The molecule has 0 unspecified atom stereocenters. The highest BCUT2D eigenvalue weighted by molar-refractivity contribution is 8.00. The highest BCUT2D eigenvalue weighted by Crippen LogP contribution is 2.29. The van der Waals surface area contributed by atoms with Crippen molar-refractivity contribution < 1.29 is 4.39 Å². The summed E-state index contributed by atoms with van der Waals surface area (Å²) in [7, 11) is 0. The number of hydrogen-bond acceptors (Lipinski definition) is 4. The highest BCUT2D eigenvalue weighted by Gasteiger charge is 2.09. The van der Waals surface area contributed by atoms with Crippen LogP contribution in [-0.4, -0.2) is 16.2 Å². The van der Waals surface area contributed by atoms with Gasteiger partial charge in [0.25, 0.3) is 0 Å². The molecule has 2 rings (SSSR count). The average Bonchev–Trinajstić information content (AvgIpc) is 2.55. The van der Waals surface area contributed by atoms with Crippen LogP contribution in [0.5, 0.6) is 0 Å². The number of rotatable bonds is 1. The quantitative estimate of drug-likeness (QED) is 0.683. The maximum atomic E-state index is 13.1. The first-order valence-electron chi connectivity index (χ1n) is 3.68. The summed E-state index contributed by atoms with van der Waals surface area (Å²) in [5.74, 6) is -0.260. The summed E-state index contributed by atoms with van der Waals surface area (Å²) in [5.41, 5.74) is 1.29. The summed E-state index contributed by atoms with van der Waals surface area (Å²) < 4.78 is 14.8. The molecule has 0 atom stereocenters. The van der Waals surface area contributed by atoms with Gasteiger partial charge in [-0.2, -0.15) is 0 Å². The van der Waals surface area contributed by atoms with Crippen molar-refractivity contribution in [2.24, 2.45) is 0 Å². The van der Waals surface area contributed by atoms with Crippen LogP contribution >= 0.6 is 23.1 Å². The Labute approximate surface area is 83.2 Å². The maximum absolute atomic E-state index is 13.1. The van der Waals surface area contributed by atoms with Gasteiger partial charge in [-0.05, 0) is 13.2 Å². The Balaban J connectivity index is 2.76. The standard InChI is InChI=1S/C8H7FN2S2/c1-4-5(9)3-10-7-6(4)13-8(11-7)12-2/h3H,1-2H3. The van der Waals surface area contributed by atoms with Crippen molar-refractivity contribution in [2.45, 2.75) is 11.3 Å². The zero-order chi connectivity index (χ0) is 9.42. The lowest BCUT2D eigenvalue weighted by atomic mass is 10.3. The molecule has 0 amide bonds. The van der Waals surface area contributed by atoms with Crippen molar-refractivity contribution in [3.05, 3.63) is 17.6 Å². The number of fused-ring (bicyclic) bond motifs is 1. The van der Waals surface area contributed by atoms with Crippen LogP contribution in [0.4, 0.5) is 4.39 Å². The minimum absolute atomic E-state index is 0.260. The number of aromatic nitrogens is 2. The summed E-state index contributed by atoms with van der Waals surface area (Å²) in [6, 6.07) is 0. The zero-order valence-electron chi connectivity index (χ0n) is 7.17. The predicted octanol–water partition coefficient (Wildman–Crippen LogP) is 2.86. The number of nitrogens with zero attached hydrogens (tertiary/aromatic N) is 2. The average molecular weight is 214 g/mol. The number of pyridine rings is 1. The highest BCUT2D eigenvalue weighted by atomic mass is 32.2. The molecule has 0 radical (unpaired) electrons. The molecule has 0 aliphatic heterocycles. The van der Waals surface area contributed by atoms with E-state index in [0.717, 1.165) is 9.04 Å². The van der Waals surface area contributed by atoms with E-state index in [0.29, 0.717) is 11.2 Å². The van der Waals surface area contributed by atoms with Crippen molar-refractivity contribution in [2.75, 3.05) is 6.26 Å². The van der Waals surface area contributed by atoms with E-state index in [4.69, 9.17) is 0 Å². The Kier molecular flexibility index (Phi) is 2.21. The molecule has 0 fully saturated rings. The SMILES string of the molecule is CSc1nc2ncc(F)c(C)c2s1. The molecular weight excluding hydrogens is 207 g/mol. The second kappa shape index (κ2) is 3.23. The van der Waals surface area contributed by atoms with Crippen LogP contribution in [0.2, 0.25) is 0 Å². The van der Waals surface area contributed by atoms with Gasteiger partial charge in [-0.3, -0.25) is 0 Å². The lowest BCUT2D eigenvalue weighted by molar-refractivity contribution is 0.615. The predicted molar refractivity (Wildman–Crippen MR) is 53.9 cm³/mol. The van der Waals surface area contributed by atoms with Crippen LogP contribution in [0.15, 0.2) is 10.5 Å². The molecule has 0 saturated carbocycles. The lowest BCUT2D eigenvalue weighted by Gasteiger charge is -1.93. The molecular formula is C8H7FN2S2. The minimum Gasteiger partial charge on any atom is -0.233 e. The second-order valence-corrected chi connectivity index (χ2v) is 4.62. The molecule has 2 heterocycles. The number of thiazole rings is 1. The lowest BCUT2D eigenvalue weighted by Crippen LogP contribution is -1.85. The van der Waals surface area contributed by atoms with Gasteiger partial charge < -0.3 is 0 Å². The fourth-order valence-electron chi connectivity index (χ4n) is 1.04. The van der Waals surface area contributed by atoms with E-state index in [1.54, 1.807) is 18.7 Å². The minimum atomic E-state index is -0.260. The molecule has 13 heavy (non-hydrogen) atoms. The van der Waals surface area contributed by atoms with Crippen LogP contribution in [0.1, 0.15) is 5.56 Å². The van der Waals surface area contributed by atoms with Gasteiger partial charge in [0.2, 0.25) is 0 Å². The van der Waals surface area contributed by atoms with Gasteiger partial charge in [0.05, 0.1) is 10.9 Å². The zero-order valence-corrected chi connectivity index (χ0v) is 8.80. The number of halogens is 1. The van der Waals surface area contributed by atoms with Crippen LogP contribution in [0.25, 0.3) is 10.3 Å². The topological polar surface area (TPSA) is 25.8 Å². The molecule has 0 aliphatic rings. The summed E-state index contributed by atoms with van der Waals surface area (Å²) >= 11 is 3.04. The van der Waals surface area contributed by atoms with Crippen molar-refractivity contribution in [1.29, 1.82) is 0 Å². The Bertz CT molecular complexity index is 453. The third-order valence-electron chi connectivity index (χ3n) is 1.76. The molecule has 0 aliphatic carbocycles. The Morgan fingerprint density at radius 1 is 1.54 bits per heavy atom. The first-order chi connectivity index (χ1) is 6.22. The van der Waals surface area contributed by atoms with Crippen LogP contribution in [-0.2, 0) is 0 Å². The molecule has 5 heteroatoms. The number of thioether (sulfide) groups is 1. The van der Waals surface area contributed by atoms with E-state index < -0.39 is 0 Å². The fourth-order valence-corrected chi connectivity index (χ4v) is 2.54. The molecule has 0 N–H and O–H groups in total. The first-order valence-corrected chi connectivity index (χ1v) is 5.72. The Morgan fingerprint density at radius 3 is 3.00 bits per heavy atom. The van der Waals surface area contributed by atoms with Crippen molar-refractivity contribution >= 4 is 33.4 Å². The molecule has 0 bridgehead atoms. The van der Waals surface area contributed by atoms with Crippen molar-refractivity contribution in [3.8, 4) is 0 Å². The molecule has 68 valence electrons. The Hall–Kier alpha value is -0.680.